The molecule has 3 nitrogen and oxygen atoms in total. The van der Waals surface area contributed by atoms with Gasteiger partial charge in [-0.15, -0.1) is 0 Å². The van der Waals surface area contributed by atoms with Crippen molar-refractivity contribution in [2.75, 3.05) is 6.54 Å². The number of rotatable bonds is 3. The third kappa shape index (κ3) is 3.04. The molecule has 1 aliphatic heterocycles. The van der Waals surface area contributed by atoms with Crippen LogP contribution in [-0.2, 0) is 6.42 Å². The molecule has 0 N–H and O–H groups in total. The number of fused-ring (bicyclic) bond motifs is 1. The standard InChI is InChI=1S/C20H16BrFN2O/c1-2-17-16-8-5-14(11-13(16)9-10-23-17)18-19(21)25-20(24-18)12-3-6-15(22)7-4-12/h3-8,11H,2,9-10H2,1H3. The van der Waals surface area contributed by atoms with Crippen molar-refractivity contribution in [3.05, 3.63) is 64.1 Å². The van der Waals surface area contributed by atoms with Crippen LogP contribution in [0.1, 0.15) is 24.5 Å². The zero-order valence-corrected chi connectivity index (χ0v) is 15.3. The lowest BCUT2D eigenvalue weighted by atomic mass is 9.94. The van der Waals surface area contributed by atoms with Gasteiger partial charge in [-0.3, -0.25) is 4.99 Å². The van der Waals surface area contributed by atoms with Gasteiger partial charge in [0.2, 0.25) is 5.89 Å². The number of aromatic nitrogens is 1. The second-order valence-corrected chi connectivity index (χ2v) is 6.67. The van der Waals surface area contributed by atoms with E-state index in [4.69, 9.17) is 4.42 Å². The van der Waals surface area contributed by atoms with Crippen molar-refractivity contribution in [3.63, 3.8) is 0 Å². The van der Waals surface area contributed by atoms with Crippen LogP contribution >= 0.6 is 15.9 Å². The Morgan fingerprint density at radius 3 is 2.64 bits per heavy atom. The summed E-state index contributed by atoms with van der Waals surface area (Å²) in [6.07, 6.45) is 1.88. The first-order chi connectivity index (χ1) is 12.2. The fourth-order valence-corrected chi connectivity index (χ4v) is 3.59. The van der Waals surface area contributed by atoms with E-state index in [0.717, 1.165) is 36.2 Å². The molecule has 2 aromatic carbocycles. The highest BCUT2D eigenvalue weighted by atomic mass is 79.9. The number of benzene rings is 2. The molecular weight excluding hydrogens is 383 g/mol. The molecule has 1 aliphatic rings. The maximum absolute atomic E-state index is 13.1. The molecule has 25 heavy (non-hydrogen) atoms. The van der Waals surface area contributed by atoms with Gasteiger partial charge in [0.15, 0.2) is 4.67 Å². The highest BCUT2D eigenvalue weighted by molar-refractivity contribution is 9.10. The molecule has 0 amide bonds. The first-order valence-corrected chi connectivity index (χ1v) is 9.04. The molecule has 0 radical (unpaired) electrons. The first kappa shape index (κ1) is 16.2. The van der Waals surface area contributed by atoms with E-state index in [1.807, 2.05) is 6.07 Å². The number of oxazole rings is 1. The molecule has 0 spiro atoms. The highest BCUT2D eigenvalue weighted by Gasteiger charge is 2.18. The van der Waals surface area contributed by atoms with Crippen LogP contribution in [0.15, 0.2) is 56.5 Å². The summed E-state index contributed by atoms with van der Waals surface area (Å²) in [7, 11) is 0. The van der Waals surface area contributed by atoms with Crippen LogP contribution in [0.3, 0.4) is 0 Å². The van der Waals surface area contributed by atoms with Crippen molar-refractivity contribution in [3.8, 4) is 22.7 Å². The molecule has 0 fully saturated rings. The third-order valence-corrected chi connectivity index (χ3v) is 4.92. The van der Waals surface area contributed by atoms with E-state index in [1.54, 1.807) is 12.1 Å². The maximum atomic E-state index is 13.1. The Kier molecular flexibility index (Phi) is 4.25. The van der Waals surface area contributed by atoms with E-state index in [-0.39, 0.29) is 5.82 Å². The Morgan fingerprint density at radius 1 is 1.12 bits per heavy atom. The van der Waals surface area contributed by atoms with E-state index in [0.29, 0.717) is 10.6 Å². The third-order valence-electron chi connectivity index (χ3n) is 4.39. The summed E-state index contributed by atoms with van der Waals surface area (Å²) >= 11 is 3.46. The van der Waals surface area contributed by atoms with E-state index in [2.05, 4.69) is 45.0 Å². The Labute approximate surface area is 153 Å². The Hall–Kier alpha value is -2.27. The van der Waals surface area contributed by atoms with Crippen molar-refractivity contribution in [2.24, 2.45) is 4.99 Å². The largest absolute Gasteiger partial charge is 0.429 e. The fourth-order valence-electron chi connectivity index (χ4n) is 3.12. The fraction of sp³-hybridized carbons (Fsp3) is 0.200. The lowest BCUT2D eigenvalue weighted by molar-refractivity contribution is 0.549. The molecule has 4 rings (SSSR count). The molecule has 2 heterocycles. The van der Waals surface area contributed by atoms with Gasteiger partial charge in [0.05, 0.1) is 0 Å². The normalized spacial score (nSPS) is 13.5. The van der Waals surface area contributed by atoms with Crippen molar-refractivity contribution in [1.29, 1.82) is 0 Å². The number of aliphatic imine (C=N–C) groups is 1. The number of hydrogen-bond acceptors (Lipinski definition) is 3. The summed E-state index contributed by atoms with van der Waals surface area (Å²) in [5.41, 5.74) is 6.19. The molecular formula is C20H16BrFN2O. The summed E-state index contributed by atoms with van der Waals surface area (Å²) in [5.74, 6) is 0.188. The van der Waals surface area contributed by atoms with Crippen LogP contribution in [0.2, 0.25) is 0 Å². The second-order valence-electron chi connectivity index (χ2n) is 5.95. The van der Waals surface area contributed by atoms with E-state index in [9.17, 15) is 4.39 Å². The van der Waals surface area contributed by atoms with Gasteiger partial charge in [-0.2, -0.15) is 0 Å². The monoisotopic (exact) mass is 398 g/mol. The van der Waals surface area contributed by atoms with Gasteiger partial charge in [0.1, 0.15) is 11.5 Å². The van der Waals surface area contributed by atoms with Gasteiger partial charge in [-0.1, -0.05) is 19.1 Å². The van der Waals surface area contributed by atoms with Gasteiger partial charge >= 0.3 is 0 Å². The van der Waals surface area contributed by atoms with Crippen LogP contribution in [-0.4, -0.2) is 17.2 Å². The van der Waals surface area contributed by atoms with Gasteiger partial charge in [0.25, 0.3) is 0 Å². The van der Waals surface area contributed by atoms with Crippen molar-refractivity contribution in [1.82, 2.24) is 4.98 Å². The van der Waals surface area contributed by atoms with Crippen LogP contribution in [0.4, 0.5) is 4.39 Å². The Morgan fingerprint density at radius 2 is 1.88 bits per heavy atom. The average molecular weight is 399 g/mol. The van der Waals surface area contributed by atoms with Crippen LogP contribution in [0, 0.1) is 5.82 Å². The number of nitrogens with zero attached hydrogens (tertiary/aromatic N) is 2. The molecule has 0 bridgehead atoms. The summed E-state index contributed by atoms with van der Waals surface area (Å²) in [4.78, 5) is 9.20. The molecule has 0 saturated carbocycles. The summed E-state index contributed by atoms with van der Waals surface area (Å²) in [5, 5.41) is 0. The molecule has 1 aromatic heterocycles. The quantitative estimate of drug-likeness (QED) is 0.570. The zero-order chi connectivity index (χ0) is 17.4. The first-order valence-electron chi connectivity index (χ1n) is 8.25. The topological polar surface area (TPSA) is 38.4 Å². The van der Waals surface area contributed by atoms with Crippen LogP contribution in [0.5, 0.6) is 0 Å². The molecule has 3 aromatic rings. The van der Waals surface area contributed by atoms with Gasteiger partial charge in [-0.05, 0) is 70.2 Å². The minimum atomic E-state index is -0.280. The second kappa shape index (κ2) is 6.56. The molecule has 126 valence electrons. The van der Waals surface area contributed by atoms with Crippen molar-refractivity contribution in [2.45, 2.75) is 19.8 Å². The van der Waals surface area contributed by atoms with Gasteiger partial charge in [-0.25, -0.2) is 9.37 Å². The number of halogens is 2. The number of hydrogen-bond donors (Lipinski definition) is 0. The van der Waals surface area contributed by atoms with E-state index in [1.165, 1.54) is 29.0 Å². The van der Waals surface area contributed by atoms with Crippen LogP contribution in [0.25, 0.3) is 22.7 Å². The molecule has 0 aliphatic carbocycles. The minimum Gasteiger partial charge on any atom is -0.429 e. The van der Waals surface area contributed by atoms with Gasteiger partial charge < -0.3 is 4.42 Å². The lowest BCUT2D eigenvalue weighted by Crippen LogP contribution is -2.12. The van der Waals surface area contributed by atoms with E-state index < -0.39 is 0 Å². The molecule has 0 saturated heterocycles. The molecule has 5 heteroatoms. The predicted molar refractivity (Wildman–Crippen MR) is 100 cm³/mol. The predicted octanol–water partition coefficient (Wildman–Crippen LogP) is 5.67. The smallest absolute Gasteiger partial charge is 0.228 e. The average Bonchev–Trinajstić information content (AvgIpc) is 3.03. The molecule has 0 unspecified atom stereocenters. The highest BCUT2D eigenvalue weighted by Crippen LogP contribution is 2.34. The van der Waals surface area contributed by atoms with Crippen molar-refractivity contribution >= 4 is 21.6 Å². The Bertz CT molecular complexity index is 960. The summed E-state index contributed by atoms with van der Waals surface area (Å²) in [6, 6.07) is 12.5. The Balaban J connectivity index is 1.73. The van der Waals surface area contributed by atoms with Crippen LogP contribution < -0.4 is 0 Å². The van der Waals surface area contributed by atoms with Crippen molar-refractivity contribution < 1.29 is 8.81 Å². The minimum absolute atomic E-state index is 0.280. The maximum Gasteiger partial charge on any atom is 0.228 e. The van der Waals surface area contributed by atoms with Gasteiger partial charge in [0, 0.05) is 23.4 Å². The summed E-state index contributed by atoms with van der Waals surface area (Å²) < 4.78 is 19.4. The SMILES string of the molecule is CCC1=NCCc2cc(-c3nc(-c4ccc(F)cc4)oc3Br)ccc21. The zero-order valence-electron chi connectivity index (χ0n) is 13.7. The lowest BCUT2D eigenvalue weighted by Gasteiger charge is -2.16. The van der Waals surface area contributed by atoms with E-state index >= 15 is 0 Å². The molecule has 0 atom stereocenters. The summed E-state index contributed by atoms with van der Waals surface area (Å²) in [6.45, 7) is 2.96.